The summed E-state index contributed by atoms with van der Waals surface area (Å²) in [5, 5.41) is 39.4. The van der Waals surface area contributed by atoms with Crippen molar-refractivity contribution in [2.45, 2.75) is 64.1 Å². The second kappa shape index (κ2) is 5.77. The number of Topliss-reactive ketones (excluding diaryl/α,β-unsaturated/α-hetero) is 1. The Kier molecular flexibility index (Phi) is 3.82. The first-order valence-corrected chi connectivity index (χ1v) is 10.5. The van der Waals surface area contributed by atoms with Gasteiger partial charge in [0.2, 0.25) is 0 Å². The van der Waals surface area contributed by atoms with Crippen LogP contribution in [0, 0.1) is 28.6 Å². The number of nitrogens with zero attached hydrogens (tertiary/aromatic N) is 1. The molecule has 3 fully saturated rings. The standard InChI is InChI=1S/C22H30N2O4/c1-20-8-12-10-23-24-16(12)7-13(20)3-4-14-15-5-6-22(28,18(27)11-25)21(15,2)9-17(26)19(14)20/h7,10,14-15,17,19,25-26,28H,3-6,8-9,11H2,1-2H3,(H,23,24)/t14-,15-,17-,19+,20-,21-,22-/m0/s1. The lowest BCUT2D eigenvalue weighted by Gasteiger charge is -2.60. The molecule has 7 atom stereocenters. The number of aromatic amines is 1. The molecular formula is C22H30N2O4. The number of fused-ring (bicyclic) bond motifs is 6. The van der Waals surface area contributed by atoms with Crippen molar-refractivity contribution in [3.63, 3.8) is 0 Å². The van der Waals surface area contributed by atoms with Gasteiger partial charge in [0, 0.05) is 5.41 Å². The first-order valence-electron chi connectivity index (χ1n) is 10.5. The minimum atomic E-state index is -1.53. The molecule has 0 radical (unpaired) electrons. The second-order valence-corrected chi connectivity index (χ2v) is 10.1. The van der Waals surface area contributed by atoms with Gasteiger partial charge in [-0.1, -0.05) is 19.4 Å². The summed E-state index contributed by atoms with van der Waals surface area (Å²) in [7, 11) is 0. The van der Waals surface area contributed by atoms with Gasteiger partial charge in [-0.05, 0) is 73.3 Å². The SMILES string of the molecule is C[C@]12Cc3cn[nH]c3C=C1CC[C@@H]1[C@@H]2[C@@H](O)C[C@@]2(C)[C@H]1CC[C@]2(O)C(=O)CO. The van der Waals surface area contributed by atoms with E-state index in [4.69, 9.17) is 0 Å². The molecule has 1 aromatic heterocycles. The van der Waals surface area contributed by atoms with Crippen molar-refractivity contribution in [2.75, 3.05) is 6.61 Å². The predicted octanol–water partition coefficient (Wildman–Crippen LogP) is 1.86. The van der Waals surface area contributed by atoms with Gasteiger partial charge in [0.25, 0.3) is 0 Å². The van der Waals surface area contributed by atoms with Crippen LogP contribution >= 0.6 is 0 Å². The first-order chi connectivity index (χ1) is 13.2. The summed E-state index contributed by atoms with van der Waals surface area (Å²) < 4.78 is 0. The third kappa shape index (κ3) is 2.09. The molecule has 0 aliphatic heterocycles. The smallest absolute Gasteiger partial charge is 0.190 e. The van der Waals surface area contributed by atoms with E-state index in [1.165, 1.54) is 11.1 Å². The monoisotopic (exact) mass is 386 g/mol. The van der Waals surface area contributed by atoms with Crippen LogP contribution in [0.1, 0.15) is 57.2 Å². The molecule has 3 saturated carbocycles. The van der Waals surface area contributed by atoms with Crippen molar-refractivity contribution >= 4 is 11.9 Å². The minimum absolute atomic E-state index is 0.111. The summed E-state index contributed by atoms with van der Waals surface area (Å²) in [6.45, 7) is 3.59. The molecule has 1 heterocycles. The highest BCUT2D eigenvalue weighted by Crippen LogP contribution is 2.67. The fourth-order valence-corrected chi connectivity index (χ4v) is 7.69. The van der Waals surface area contributed by atoms with Crippen molar-refractivity contribution in [3.05, 3.63) is 23.0 Å². The van der Waals surface area contributed by atoms with Crippen molar-refractivity contribution in [1.82, 2.24) is 10.2 Å². The Balaban J connectivity index is 1.55. The lowest BCUT2D eigenvalue weighted by Crippen LogP contribution is -2.62. The number of hydrogen-bond acceptors (Lipinski definition) is 5. The van der Waals surface area contributed by atoms with Crippen LogP contribution in [0.25, 0.3) is 6.08 Å². The van der Waals surface area contributed by atoms with E-state index < -0.39 is 29.5 Å². The van der Waals surface area contributed by atoms with Gasteiger partial charge in [-0.3, -0.25) is 9.89 Å². The fraction of sp³-hybridized carbons (Fsp3) is 0.727. The average molecular weight is 386 g/mol. The maximum atomic E-state index is 12.5. The van der Waals surface area contributed by atoms with E-state index in [-0.39, 0.29) is 23.2 Å². The van der Waals surface area contributed by atoms with Crippen LogP contribution < -0.4 is 0 Å². The van der Waals surface area contributed by atoms with Gasteiger partial charge in [0.1, 0.15) is 12.2 Å². The van der Waals surface area contributed by atoms with Gasteiger partial charge in [0.15, 0.2) is 5.78 Å². The van der Waals surface area contributed by atoms with Gasteiger partial charge in [0.05, 0.1) is 18.0 Å². The normalized spacial score (nSPS) is 46.8. The topological polar surface area (TPSA) is 106 Å². The molecule has 0 unspecified atom stereocenters. The van der Waals surface area contributed by atoms with Gasteiger partial charge in [-0.25, -0.2) is 0 Å². The Hall–Kier alpha value is -1.50. The summed E-state index contributed by atoms with van der Waals surface area (Å²) in [4.78, 5) is 12.5. The Labute approximate surface area is 165 Å². The number of ketones is 1. The van der Waals surface area contributed by atoms with Gasteiger partial charge in [-0.2, -0.15) is 5.10 Å². The number of aliphatic hydroxyl groups is 3. The molecule has 0 saturated heterocycles. The highest BCUT2D eigenvalue weighted by atomic mass is 16.3. The van der Waals surface area contributed by atoms with Gasteiger partial charge < -0.3 is 15.3 Å². The lowest BCUT2D eigenvalue weighted by molar-refractivity contribution is -0.181. The zero-order chi connectivity index (χ0) is 19.9. The maximum Gasteiger partial charge on any atom is 0.190 e. The summed E-state index contributed by atoms with van der Waals surface area (Å²) in [6.07, 6.45) is 7.91. The molecule has 0 bridgehead atoms. The molecule has 6 heteroatoms. The molecule has 0 spiro atoms. The van der Waals surface area contributed by atoms with E-state index in [0.29, 0.717) is 12.8 Å². The van der Waals surface area contributed by atoms with Crippen LogP contribution in [0.3, 0.4) is 0 Å². The predicted molar refractivity (Wildman–Crippen MR) is 103 cm³/mol. The third-order valence-electron chi connectivity index (χ3n) is 9.05. The number of rotatable bonds is 2. The van der Waals surface area contributed by atoms with Crippen LogP contribution in [-0.2, 0) is 11.2 Å². The van der Waals surface area contributed by atoms with Crippen molar-refractivity contribution in [3.8, 4) is 0 Å². The Morgan fingerprint density at radius 1 is 1.36 bits per heavy atom. The maximum absolute atomic E-state index is 12.5. The number of H-pyrrole nitrogens is 1. The number of aromatic nitrogens is 2. The zero-order valence-electron chi connectivity index (χ0n) is 16.6. The molecule has 152 valence electrons. The highest BCUT2D eigenvalue weighted by molar-refractivity contribution is 5.89. The van der Waals surface area contributed by atoms with Crippen LogP contribution in [0.4, 0.5) is 0 Å². The fourth-order valence-electron chi connectivity index (χ4n) is 7.69. The van der Waals surface area contributed by atoms with E-state index in [1.54, 1.807) is 0 Å². The molecule has 5 rings (SSSR count). The highest BCUT2D eigenvalue weighted by Gasteiger charge is 2.68. The van der Waals surface area contributed by atoms with E-state index in [2.05, 4.69) is 23.2 Å². The van der Waals surface area contributed by atoms with Crippen LogP contribution in [0.5, 0.6) is 0 Å². The molecule has 1 aromatic rings. The molecule has 28 heavy (non-hydrogen) atoms. The van der Waals surface area contributed by atoms with Crippen molar-refractivity contribution in [2.24, 2.45) is 28.6 Å². The number of carbonyl (C=O) groups is 1. The van der Waals surface area contributed by atoms with E-state index in [1.807, 2.05) is 13.1 Å². The summed E-state index contributed by atoms with van der Waals surface area (Å²) in [5.41, 5.74) is 1.34. The average Bonchev–Trinajstić information content (AvgIpc) is 3.20. The number of nitrogens with one attached hydrogen (secondary N) is 1. The summed E-state index contributed by atoms with van der Waals surface area (Å²) >= 11 is 0. The number of allylic oxidation sites excluding steroid dienone is 1. The zero-order valence-corrected chi connectivity index (χ0v) is 16.6. The summed E-state index contributed by atoms with van der Waals surface area (Å²) in [6, 6.07) is 0. The largest absolute Gasteiger partial charge is 0.393 e. The molecule has 0 amide bonds. The van der Waals surface area contributed by atoms with Gasteiger partial charge >= 0.3 is 0 Å². The number of carbonyl (C=O) groups excluding carboxylic acids is 1. The lowest BCUT2D eigenvalue weighted by atomic mass is 9.45. The van der Waals surface area contributed by atoms with Crippen molar-refractivity contribution in [1.29, 1.82) is 0 Å². The Bertz CT molecular complexity index is 862. The summed E-state index contributed by atoms with van der Waals surface area (Å²) in [5.74, 6) is 0.0713. The van der Waals surface area contributed by atoms with Crippen LogP contribution in [0.15, 0.2) is 11.8 Å². The minimum Gasteiger partial charge on any atom is -0.393 e. The third-order valence-corrected chi connectivity index (χ3v) is 9.05. The van der Waals surface area contributed by atoms with E-state index in [9.17, 15) is 20.1 Å². The second-order valence-electron chi connectivity index (χ2n) is 10.1. The van der Waals surface area contributed by atoms with E-state index >= 15 is 0 Å². The first kappa shape index (κ1) is 18.5. The van der Waals surface area contributed by atoms with E-state index in [0.717, 1.165) is 31.4 Å². The number of hydrogen-bond donors (Lipinski definition) is 4. The van der Waals surface area contributed by atoms with Gasteiger partial charge in [-0.15, -0.1) is 0 Å². The Morgan fingerprint density at radius 3 is 2.89 bits per heavy atom. The molecule has 4 aliphatic rings. The van der Waals surface area contributed by atoms with Crippen LogP contribution in [-0.4, -0.2) is 49.6 Å². The Morgan fingerprint density at radius 2 is 2.14 bits per heavy atom. The molecule has 4 aliphatic carbocycles. The van der Waals surface area contributed by atoms with Crippen molar-refractivity contribution < 1.29 is 20.1 Å². The molecule has 4 N–H and O–H groups in total. The quantitative estimate of drug-likeness (QED) is 0.621. The molecule has 0 aromatic carbocycles. The number of aliphatic hydroxyl groups excluding tert-OH is 2. The molecular weight excluding hydrogens is 356 g/mol. The molecule has 6 nitrogen and oxygen atoms in total. The van der Waals surface area contributed by atoms with Crippen LogP contribution in [0.2, 0.25) is 0 Å².